The van der Waals surface area contributed by atoms with Crippen LogP contribution in [0.5, 0.6) is 0 Å². The van der Waals surface area contributed by atoms with E-state index in [9.17, 15) is 4.79 Å². The van der Waals surface area contributed by atoms with E-state index in [0.29, 0.717) is 6.61 Å². The third-order valence-corrected chi connectivity index (χ3v) is 3.94. The first-order chi connectivity index (χ1) is 8.65. The number of carbonyl (C=O) groups excluding carboxylic acids is 1. The minimum absolute atomic E-state index is 0.0445. The van der Waals surface area contributed by atoms with E-state index in [0.717, 1.165) is 19.8 Å². The van der Waals surface area contributed by atoms with Crippen LogP contribution in [0.3, 0.4) is 0 Å². The van der Waals surface area contributed by atoms with Crippen molar-refractivity contribution >= 4 is 33.0 Å². The molecule has 2 rings (SSSR count). The number of benzene rings is 1. The first kappa shape index (κ1) is 13.5. The molecule has 0 aliphatic heterocycles. The number of carbonyl (C=O) groups is 1. The Morgan fingerprint density at radius 3 is 2.83 bits per heavy atom. The third kappa shape index (κ3) is 3.77. The van der Waals surface area contributed by atoms with Crippen molar-refractivity contribution in [2.24, 2.45) is 0 Å². The van der Waals surface area contributed by atoms with Crippen molar-refractivity contribution in [1.29, 1.82) is 0 Å². The van der Waals surface area contributed by atoms with Crippen molar-refractivity contribution < 1.29 is 9.53 Å². The number of Topliss-reactive ketones (excluding diaryl/α,β-unsaturated/α-hetero) is 1. The molecule has 0 aliphatic carbocycles. The van der Waals surface area contributed by atoms with Gasteiger partial charge in [-0.1, -0.05) is 28.1 Å². The highest BCUT2D eigenvalue weighted by molar-refractivity contribution is 9.10. The van der Waals surface area contributed by atoms with Crippen LogP contribution in [0.2, 0.25) is 0 Å². The lowest BCUT2D eigenvalue weighted by atomic mass is 10.2. The van der Waals surface area contributed by atoms with E-state index >= 15 is 0 Å². The molecular formula is C14H13BrO2S. The molecule has 0 fully saturated rings. The lowest BCUT2D eigenvalue weighted by Crippen LogP contribution is -2.07. The van der Waals surface area contributed by atoms with Crippen molar-refractivity contribution in [2.75, 3.05) is 6.61 Å². The molecule has 0 aliphatic rings. The monoisotopic (exact) mass is 324 g/mol. The SMILES string of the molecule is Cc1ccc(C(=O)COCc2cccc(Br)c2)s1. The average Bonchev–Trinajstić information content (AvgIpc) is 2.76. The van der Waals surface area contributed by atoms with Crippen LogP contribution in [0.25, 0.3) is 0 Å². The summed E-state index contributed by atoms with van der Waals surface area (Å²) < 4.78 is 6.45. The molecule has 2 nitrogen and oxygen atoms in total. The summed E-state index contributed by atoms with van der Waals surface area (Å²) in [6.45, 7) is 2.58. The molecule has 0 N–H and O–H groups in total. The van der Waals surface area contributed by atoms with Gasteiger partial charge in [-0.05, 0) is 36.8 Å². The zero-order chi connectivity index (χ0) is 13.0. The van der Waals surface area contributed by atoms with Crippen molar-refractivity contribution in [3.8, 4) is 0 Å². The molecule has 0 bridgehead atoms. The summed E-state index contributed by atoms with van der Waals surface area (Å²) in [5, 5.41) is 0. The molecular weight excluding hydrogens is 312 g/mol. The second-order valence-corrected chi connectivity index (χ2v) is 6.16. The lowest BCUT2D eigenvalue weighted by molar-refractivity contribution is 0.0730. The predicted octanol–water partition coefficient (Wildman–Crippen LogP) is 4.22. The highest BCUT2D eigenvalue weighted by atomic mass is 79.9. The van der Waals surface area contributed by atoms with E-state index in [1.807, 2.05) is 43.3 Å². The van der Waals surface area contributed by atoms with Gasteiger partial charge in [0.1, 0.15) is 6.61 Å². The lowest BCUT2D eigenvalue weighted by Gasteiger charge is -2.03. The normalized spacial score (nSPS) is 10.6. The van der Waals surface area contributed by atoms with E-state index in [1.54, 1.807) is 0 Å². The summed E-state index contributed by atoms with van der Waals surface area (Å²) in [7, 11) is 0. The molecule has 0 saturated carbocycles. The minimum Gasteiger partial charge on any atom is -0.369 e. The Morgan fingerprint density at radius 1 is 1.33 bits per heavy atom. The first-order valence-corrected chi connectivity index (χ1v) is 7.18. The van der Waals surface area contributed by atoms with Crippen LogP contribution in [-0.4, -0.2) is 12.4 Å². The fourth-order valence-corrected chi connectivity index (χ4v) is 2.78. The number of halogens is 1. The largest absolute Gasteiger partial charge is 0.369 e. The molecule has 1 heterocycles. The van der Waals surface area contributed by atoms with Gasteiger partial charge >= 0.3 is 0 Å². The van der Waals surface area contributed by atoms with Gasteiger partial charge in [0, 0.05) is 9.35 Å². The van der Waals surface area contributed by atoms with Crippen molar-refractivity contribution in [1.82, 2.24) is 0 Å². The average molecular weight is 325 g/mol. The topological polar surface area (TPSA) is 26.3 Å². The summed E-state index contributed by atoms with van der Waals surface area (Å²) in [5.74, 6) is 0.0445. The third-order valence-electron chi connectivity index (χ3n) is 2.41. The molecule has 18 heavy (non-hydrogen) atoms. The van der Waals surface area contributed by atoms with E-state index in [4.69, 9.17) is 4.74 Å². The van der Waals surface area contributed by atoms with Gasteiger partial charge in [-0.25, -0.2) is 0 Å². The number of ketones is 1. The van der Waals surface area contributed by atoms with Crippen LogP contribution in [0.1, 0.15) is 20.1 Å². The van der Waals surface area contributed by atoms with Gasteiger partial charge in [0.05, 0.1) is 11.5 Å². The van der Waals surface area contributed by atoms with E-state index in [2.05, 4.69) is 15.9 Å². The summed E-state index contributed by atoms with van der Waals surface area (Å²) in [6, 6.07) is 11.7. The maximum Gasteiger partial charge on any atom is 0.198 e. The number of rotatable bonds is 5. The van der Waals surface area contributed by atoms with Gasteiger partial charge in [0.15, 0.2) is 5.78 Å². The quantitative estimate of drug-likeness (QED) is 0.770. The van der Waals surface area contributed by atoms with Gasteiger partial charge < -0.3 is 4.74 Å². The van der Waals surface area contributed by atoms with Crippen LogP contribution in [0.15, 0.2) is 40.9 Å². The second kappa shape index (κ2) is 6.27. The van der Waals surface area contributed by atoms with Gasteiger partial charge in [-0.2, -0.15) is 0 Å². The van der Waals surface area contributed by atoms with Gasteiger partial charge in [0.2, 0.25) is 0 Å². The molecule has 0 radical (unpaired) electrons. The Hall–Kier alpha value is -0.970. The summed E-state index contributed by atoms with van der Waals surface area (Å²) >= 11 is 4.91. The van der Waals surface area contributed by atoms with Crippen LogP contribution in [-0.2, 0) is 11.3 Å². The summed E-state index contributed by atoms with van der Waals surface area (Å²) in [5.41, 5.74) is 1.06. The molecule has 4 heteroatoms. The minimum atomic E-state index is 0.0445. The molecule has 0 amide bonds. The zero-order valence-corrected chi connectivity index (χ0v) is 12.4. The second-order valence-electron chi connectivity index (χ2n) is 3.96. The predicted molar refractivity (Wildman–Crippen MR) is 77.2 cm³/mol. The molecule has 1 aromatic heterocycles. The first-order valence-electron chi connectivity index (χ1n) is 5.57. The Labute approximate surface area is 119 Å². The Kier molecular flexibility index (Phi) is 4.69. The van der Waals surface area contributed by atoms with E-state index < -0.39 is 0 Å². The molecule has 0 unspecified atom stereocenters. The molecule has 0 atom stereocenters. The van der Waals surface area contributed by atoms with Gasteiger partial charge in [0.25, 0.3) is 0 Å². The fraction of sp³-hybridized carbons (Fsp3) is 0.214. The van der Waals surface area contributed by atoms with Gasteiger partial charge in [-0.15, -0.1) is 11.3 Å². The Bertz CT molecular complexity index is 548. The van der Waals surface area contributed by atoms with Crippen LogP contribution in [0.4, 0.5) is 0 Å². The summed E-state index contributed by atoms with van der Waals surface area (Å²) in [6.07, 6.45) is 0. The fourth-order valence-electron chi connectivity index (χ4n) is 1.54. The maximum absolute atomic E-state index is 11.8. The van der Waals surface area contributed by atoms with Gasteiger partial charge in [-0.3, -0.25) is 4.79 Å². The number of hydrogen-bond acceptors (Lipinski definition) is 3. The Balaban J connectivity index is 1.84. The van der Waals surface area contributed by atoms with Crippen LogP contribution in [0, 0.1) is 6.92 Å². The van der Waals surface area contributed by atoms with Crippen LogP contribution < -0.4 is 0 Å². The molecule has 1 aromatic carbocycles. The smallest absolute Gasteiger partial charge is 0.198 e. The van der Waals surface area contributed by atoms with E-state index in [-0.39, 0.29) is 12.4 Å². The van der Waals surface area contributed by atoms with Crippen molar-refractivity contribution in [3.05, 3.63) is 56.2 Å². The standard InChI is InChI=1S/C14H13BrO2S/c1-10-5-6-14(18-10)13(16)9-17-8-11-3-2-4-12(15)7-11/h2-7H,8-9H2,1H3. The number of ether oxygens (including phenoxy) is 1. The molecule has 0 spiro atoms. The highest BCUT2D eigenvalue weighted by Crippen LogP contribution is 2.16. The zero-order valence-electron chi connectivity index (χ0n) is 9.98. The summed E-state index contributed by atoms with van der Waals surface area (Å²) in [4.78, 5) is 13.7. The Morgan fingerprint density at radius 2 is 2.17 bits per heavy atom. The van der Waals surface area contributed by atoms with Crippen LogP contribution >= 0.6 is 27.3 Å². The number of thiophene rings is 1. The molecule has 2 aromatic rings. The number of hydrogen-bond donors (Lipinski definition) is 0. The maximum atomic E-state index is 11.8. The number of aryl methyl sites for hydroxylation is 1. The van der Waals surface area contributed by atoms with Crippen molar-refractivity contribution in [2.45, 2.75) is 13.5 Å². The molecule has 94 valence electrons. The molecule has 0 saturated heterocycles. The van der Waals surface area contributed by atoms with Crippen molar-refractivity contribution in [3.63, 3.8) is 0 Å². The highest BCUT2D eigenvalue weighted by Gasteiger charge is 2.08. The van der Waals surface area contributed by atoms with E-state index in [1.165, 1.54) is 11.3 Å².